The molecular weight excluding hydrogens is 445 g/mol. The van der Waals surface area contributed by atoms with Crippen LogP contribution in [0.4, 0.5) is 0 Å². The zero-order chi connectivity index (χ0) is 17.1. The van der Waals surface area contributed by atoms with E-state index >= 15 is 0 Å². The predicted molar refractivity (Wildman–Crippen MR) is 113 cm³/mol. The van der Waals surface area contributed by atoms with Crippen molar-refractivity contribution in [2.24, 2.45) is 4.99 Å². The Morgan fingerprint density at radius 1 is 1.15 bits per heavy atom. The van der Waals surface area contributed by atoms with Crippen LogP contribution in [0.5, 0.6) is 11.5 Å². The number of piperazine rings is 3. The lowest BCUT2D eigenvalue weighted by Crippen LogP contribution is -2.63. The quantitative estimate of drug-likeness (QED) is 0.374. The van der Waals surface area contributed by atoms with Crippen LogP contribution in [-0.2, 0) is 6.42 Å². The Kier molecular flexibility index (Phi) is 6.82. The van der Waals surface area contributed by atoms with E-state index in [1.54, 1.807) is 0 Å². The third kappa shape index (κ3) is 4.52. The molecule has 2 bridgehead atoms. The molecule has 0 radical (unpaired) electrons. The van der Waals surface area contributed by atoms with Gasteiger partial charge in [0.2, 0.25) is 6.79 Å². The summed E-state index contributed by atoms with van der Waals surface area (Å²) in [6.45, 7) is 8.10. The summed E-state index contributed by atoms with van der Waals surface area (Å²) < 4.78 is 10.8. The maximum atomic E-state index is 5.43. The number of aliphatic imine (C=N–C) groups is 1. The van der Waals surface area contributed by atoms with Crippen molar-refractivity contribution in [1.82, 2.24) is 20.4 Å². The number of benzene rings is 1. The fraction of sp³-hybridized carbons (Fsp3) is 0.611. The van der Waals surface area contributed by atoms with Gasteiger partial charge in [0.1, 0.15) is 0 Å². The maximum absolute atomic E-state index is 5.43. The molecule has 1 atom stereocenters. The topological polar surface area (TPSA) is 61.4 Å². The maximum Gasteiger partial charge on any atom is 0.231 e. The van der Waals surface area contributed by atoms with Crippen LogP contribution in [0.2, 0.25) is 0 Å². The number of hydrogen-bond acceptors (Lipinski definition) is 5. The van der Waals surface area contributed by atoms with Crippen LogP contribution in [0.15, 0.2) is 23.2 Å². The summed E-state index contributed by atoms with van der Waals surface area (Å²) in [7, 11) is 1.83. The van der Waals surface area contributed by atoms with Gasteiger partial charge < -0.3 is 20.1 Å². The van der Waals surface area contributed by atoms with Gasteiger partial charge in [0, 0.05) is 58.9 Å². The Labute approximate surface area is 172 Å². The largest absolute Gasteiger partial charge is 0.454 e. The van der Waals surface area contributed by atoms with Crippen molar-refractivity contribution < 1.29 is 9.47 Å². The van der Waals surface area contributed by atoms with Crippen molar-refractivity contribution in [1.29, 1.82) is 0 Å². The summed E-state index contributed by atoms with van der Waals surface area (Å²) in [6.07, 6.45) is 0.917. The summed E-state index contributed by atoms with van der Waals surface area (Å²) >= 11 is 0. The first-order chi connectivity index (χ1) is 12.3. The van der Waals surface area contributed by atoms with E-state index < -0.39 is 0 Å². The zero-order valence-corrected chi connectivity index (χ0v) is 17.6. The van der Waals surface area contributed by atoms with Crippen molar-refractivity contribution in [3.05, 3.63) is 23.8 Å². The average molecular weight is 473 g/mol. The van der Waals surface area contributed by atoms with Crippen molar-refractivity contribution in [3.8, 4) is 11.5 Å². The van der Waals surface area contributed by atoms with E-state index in [1.165, 1.54) is 38.3 Å². The van der Waals surface area contributed by atoms with Crippen LogP contribution in [0.3, 0.4) is 0 Å². The van der Waals surface area contributed by atoms with Crippen molar-refractivity contribution >= 4 is 29.9 Å². The van der Waals surface area contributed by atoms with E-state index in [1.807, 2.05) is 13.1 Å². The zero-order valence-electron chi connectivity index (χ0n) is 15.2. The van der Waals surface area contributed by atoms with Gasteiger partial charge >= 0.3 is 0 Å². The highest BCUT2D eigenvalue weighted by Gasteiger charge is 2.31. The molecule has 144 valence electrons. The fourth-order valence-electron chi connectivity index (χ4n) is 3.78. The number of ether oxygens (including phenoxy) is 2. The van der Waals surface area contributed by atoms with Crippen molar-refractivity contribution in [3.63, 3.8) is 0 Å². The van der Waals surface area contributed by atoms with Crippen LogP contribution in [-0.4, -0.2) is 81.5 Å². The van der Waals surface area contributed by atoms with E-state index in [2.05, 4.69) is 37.6 Å². The Morgan fingerprint density at radius 3 is 2.69 bits per heavy atom. The molecule has 0 spiro atoms. The highest BCUT2D eigenvalue weighted by Crippen LogP contribution is 2.32. The highest BCUT2D eigenvalue weighted by atomic mass is 127. The lowest BCUT2D eigenvalue weighted by atomic mass is 10.1. The molecule has 4 heterocycles. The standard InChI is InChI=1S/C18H27N5O2.HI/c1-19-18(21-11-15-12-22-6-8-23(15)9-7-22)20-5-4-14-2-3-16-17(10-14)25-13-24-16;/h2-3,10,15H,4-9,11-13H2,1H3,(H2,19,20,21);1H. The fourth-order valence-corrected chi connectivity index (χ4v) is 3.78. The van der Waals surface area contributed by atoms with Crippen LogP contribution in [0, 0.1) is 0 Å². The van der Waals surface area contributed by atoms with Gasteiger partial charge in [0.05, 0.1) is 0 Å². The van der Waals surface area contributed by atoms with Crippen molar-refractivity contribution in [2.75, 3.05) is 59.7 Å². The summed E-state index contributed by atoms with van der Waals surface area (Å²) in [5.74, 6) is 2.55. The SMILES string of the molecule is CN=C(NCCc1ccc2c(c1)OCO2)NCC1CN2CCN1CC2.I. The molecule has 7 nitrogen and oxygen atoms in total. The number of guanidine groups is 1. The monoisotopic (exact) mass is 473 g/mol. The van der Waals surface area contributed by atoms with Crippen LogP contribution in [0.1, 0.15) is 5.56 Å². The van der Waals surface area contributed by atoms with E-state index in [0.717, 1.165) is 37.0 Å². The van der Waals surface area contributed by atoms with E-state index in [9.17, 15) is 0 Å². The summed E-state index contributed by atoms with van der Waals surface area (Å²) in [5.41, 5.74) is 1.23. The lowest BCUT2D eigenvalue weighted by Gasteiger charge is -2.47. The number of nitrogens with zero attached hydrogens (tertiary/aromatic N) is 3. The van der Waals surface area contributed by atoms with Gasteiger partial charge in [-0.15, -0.1) is 24.0 Å². The summed E-state index contributed by atoms with van der Waals surface area (Å²) in [4.78, 5) is 9.49. The Morgan fingerprint density at radius 2 is 1.96 bits per heavy atom. The Balaban J connectivity index is 0.00000196. The van der Waals surface area contributed by atoms with Crippen LogP contribution < -0.4 is 20.1 Å². The van der Waals surface area contributed by atoms with E-state index in [-0.39, 0.29) is 24.0 Å². The Bertz CT molecular complexity index is 634. The number of hydrogen-bond donors (Lipinski definition) is 2. The molecule has 0 amide bonds. The first-order valence-corrected chi connectivity index (χ1v) is 9.11. The molecule has 1 aromatic rings. The molecule has 26 heavy (non-hydrogen) atoms. The third-order valence-electron chi connectivity index (χ3n) is 5.26. The van der Waals surface area contributed by atoms with Crippen LogP contribution >= 0.6 is 24.0 Å². The molecule has 2 N–H and O–H groups in total. The van der Waals surface area contributed by atoms with E-state index in [0.29, 0.717) is 12.8 Å². The molecule has 1 aromatic carbocycles. The molecule has 3 fully saturated rings. The molecule has 4 aliphatic rings. The lowest BCUT2D eigenvalue weighted by molar-refractivity contribution is 0.0154. The number of nitrogens with one attached hydrogen (secondary N) is 2. The molecule has 5 rings (SSSR count). The molecule has 3 saturated heterocycles. The predicted octanol–water partition coefficient (Wildman–Crippen LogP) is 0.741. The smallest absolute Gasteiger partial charge is 0.231 e. The summed E-state index contributed by atoms with van der Waals surface area (Å²) in [6, 6.07) is 6.72. The molecular formula is C18H28IN5O2. The normalized spacial score (nSPS) is 26.3. The molecule has 0 aromatic heterocycles. The minimum atomic E-state index is 0. The molecule has 0 saturated carbocycles. The van der Waals surface area contributed by atoms with Gasteiger partial charge in [0.15, 0.2) is 17.5 Å². The molecule has 4 aliphatic heterocycles. The molecule has 8 heteroatoms. The first-order valence-electron chi connectivity index (χ1n) is 9.11. The second kappa shape index (κ2) is 9.09. The van der Waals surface area contributed by atoms with Crippen LogP contribution in [0.25, 0.3) is 0 Å². The first kappa shape index (κ1) is 19.5. The second-order valence-corrected chi connectivity index (χ2v) is 6.81. The minimum Gasteiger partial charge on any atom is -0.454 e. The number of rotatable bonds is 5. The number of halogens is 1. The Hall–Kier alpha value is -1.26. The van der Waals surface area contributed by atoms with Gasteiger partial charge in [0.25, 0.3) is 0 Å². The highest BCUT2D eigenvalue weighted by molar-refractivity contribution is 14.0. The van der Waals surface area contributed by atoms with Gasteiger partial charge in [-0.1, -0.05) is 6.07 Å². The van der Waals surface area contributed by atoms with E-state index in [4.69, 9.17) is 9.47 Å². The average Bonchev–Trinajstić information content (AvgIpc) is 3.13. The second-order valence-electron chi connectivity index (χ2n) is 6.81. The van der Waals surface area contributed by atoms with Gasteiger partial charge in [-0.2, -0.15) is 0 Å². The van der Waals surface area contributed by atoms with Gasteiger partial charge in [-0.25, -0.2) is 0 Å². The minimum absolute atomic E-state index is 0. The summed E-state index contributed by atoms with van der Waals surface area (Å²) in [5, 5.41) is 6.88. The van der Waals surface area contributed by atoms with Crippen molar-refractivity contribution in [2.45, 2.75) is 12.5 Å². The molecule has 1 unspecified atom stereocenters. The third-order valence-corrected chi connectivity index (χ3v) is 5.26. The number of fused-ring (bicyclic) bond motifs is 4. The van der Waals surface area contributed by atoms with Gasteiger partial charge in [-0.3, -0.25) is 14.8 Å². The molecule has 0 aliphatic carbocycles. The van der Waals surface area contributed by atoms with Gasteiger partial charge in [-0.05, 0) is 24.1 Å².